The number of nitrogens with two attached hydrogens (primary N) is 1. The first kappa shape index (κ1) is 16.4. The van der Waals surface area contributed by atoms with Crippen LogP contribution < -0.4 is 5.73 Å². The number of ether oxygens (including phenoxy) is 1. The minimum absolute atomic E-state index is 0.135. The molecule has 4 nitrogen and oxygen atoms in total. The third-order valence-electron chi connectivity index (χ3n) is 3.81. The van der Waals surface area contributed by atoms with Crippen LogP contribution in [0.5, 0.6) is 0 Å². The van der Waals surface area contributed by atoms with Gasteiger partial charge in [0.1, 0.15) is 5.60 Å². The second-order valence-electron chi connectivity index (χ2n) is 6.81. The highest BCUT2D eigenvalue weighted by Crippen LogP contribution is 2.23. The highest BCUT2D eigenvalue weighted by atomic mass is 16.6. The summed E-state index contributed by atoms with van der Waals surface area (Å²) in [6, 6.07) is 8.07. The van der Waals surface area contributed by atoms with Crippen LogP contribution in [0.3, 0.4) is 0 Å². The van der Waals surface area contributed by atoms with E-state index in [1.807, 2.05) is 39.0 Å². The van der Waals surface area contributed by atoms with Crippen molar-refractivity contribution in [2.24, 2.45) is 5.73 Å². The Bertz CT molecular complexity index is 573. The largest absolute Gasteiger partial charge is 0.444 e. The van der Waals surface area contributed by atoms with E-state index < -0.39 is 5.60 Å². The third-order valence-corrected chi connectivity index (χ3v) is 3.81. The van der Waals surface area contributed by atoms with E-state index in [4.69, 9.17) is 10.5 Å². The molecule has 1 aliphatic rings. The van der Waals surface area contributed by atoms with Crippen LogP contribution in [0, 0.1) is 6.92 Å². The molecule has 0 aliphatic carbocycles. The van der Waals surface area contributed by atoms with Crippen LogP contribution in [-0.2, 0) is 11.2 Å². The fourth-order valence-corrected chi connectivity index (χ4v) is 2.66. The number of rotatable bonds is 2. The lowest BCUT2D eigenvalue weighted by Crippen LogP contribution is -2.49. The summed E-state index contributed by atoms with van der Waals surface area (Å²) >= 11 is 0. The molecule has 0 saturated carbocycles. The molecular weight excluding hydrogens is 276 g/mol. The maximum atomic E-state index is 12.5. The lowest BCUT2D eigenvalue weighted by molar-refractivity contribution is 0.0180. The first-order chi connectivity index (χ1) is 10.3. The average Bonchev–Trinajstić information content (AvgIpc) is 2.41. The second-order valence-corrected chi connectivity index (χ2v) is 6.81. The van der Waals surface area contributed by atoms with Gasteiger partial charge in [-0.15, -0.1) is 0 Å². The number of benzene rings is 1. The molecular formula is C18H26N2O2. The van der Waals surface area contributed by atoms with Crippen molar-refractivity contribution in [1.29, 1.82) is 0 Å². The highest BCUT2D eigenvalue weighted by molar-refractivity contribution is 5.69. The van der Waals surface area contributed by atoms with Gasteiger partial charge in [0, 0.05) is 12.2 Å². The maximum absolute atomic E-state index is 12.5. The first-order valence-electron chi connectivity index (χ1n) is 7.77. The number of aryl methyl sites for hydroxylation is 1. The van der Waals surface area contributed by atoms with Gasteiger partial charge in [-0.3, -0.25) is 4.90 Å². The van der Waals surface area contributed by atoms with Crippen molar-refractivity contribution < 1.29 is 9.53 Å². The van der Waals surface area contributed by atoms with Crippen molar-refractivity contribution in [3.63, 3.8) is 0 Å². The Morgan fingerprint density at radius 2 is 2.05 bits per heavy atom. The van der Waals surface area contributed by atoms with Crippen molar-refractivity contribution in [2.75, 3.05) is 6.54 Å². The van der Waals surface area contributed by atoms with Gasteiger partial charge in [0.05, 0.1) is 6.04 Å². The molecule has 1 amide bonds. The lowest BCUT2D eigenvalue weighted by Gasteiger charge is -2.36. The molecule has 0 radical (unpaired) electrons. The molecule has 1 atom stereocenters. The summed E-state index contributed by atoms with van der Waals surface area (Å²) < 4.78 is 5.53. The van der Waals surface area contributed by atoms with E-state index in [1.54, 1.807) is 4.90 Å². The molecule has 0 aromatic heterocycles. The topological polar surface area (TPSA) is 55.6 Å². The zero-order valence-corrected chi connectivity index (χ0v) is 13.9. The lowest BCUT2D eigenvalue weighted by atomic mass is 9.96. The molecule has 1 unspecified atom stereocenters. The molecule has 4 heteroatoms. The minimum Gasteiger partial charge on any atom is -0.444 e. The van der Waals surface area contributed by atoms with E-state index in [2.05, 4.69) is 19.1 Å². The molecule has 0 saturated heterocycles. The summed E-state index contributed by atoms with van der Waals surface area (Å²) in [5, 5.41) is 0. The quantitative estimate of drug-likeness (QED) is 0.911. The summed E-state index contributed by atoms with van der Waals surface area (Å²) in [7, 11) is 0. The van der Waals surface area contributed by atoms with E-state index in [0.29, 0.717) is 13.0 Å². The Labute approximate surface area is 132 Å². The van der Waals surface area contributed by atoms with Crippen LogP contribution in [0.1, 0.15) is 38.3 Å². The Morgan fingerprint density at radius 3 is 2.68 bits per heavy atom. The fourth-order valence-electron chi connectivity index (χ4n) is 2.66. The van der Waals surface area contributed by atoms with Crippen LogP contribution in [0.2, 0.25) is 0 Å². The monoisotopic (exact) mass is 302 g/mol. The van der Waals surface area contributed by atoms with Gasteiger partial charge in [-0.25, -0.2) is 4.79 Å². The minimum atomic E-state index is -0.500. The summed E-state index contributed by atoms with van der Waals surface area (Å²) in [5.74, 6) is 0. The number of nitrogens with zero attached hydrogens (tertiary/aromatic N) is 1. The van der Waals surface area contributed by atoms with Gasteiger partial charge >= 0.3 is 6.09 Å². The fraction of sp³-hybridized carbons (Fsp3) is 0.500. The van der Waals surface area contributed by atoms with Crippen LogP contribution in [0.15, 0.2) is 36.0 Å². The van der Waals surface area contributed by atoms with Gasteiger partial charge < -0.3 is 10.5 Å². The molecule has 0 fully saturated rings. The Kier molecular flexibility index (Phi) is 4.79. The average molecular weight is 302 g/mol. The van der Waals surface area contributed by atoms with Gasteiger partial charge in [0.2, 0.25) is 0 Å². The zero-order valence-electron chi connectivity index (χ0n) is 13.9. The SMILES string of the molecule is Cc1ccccc1CC1C(N)=CCCN1C(=O)OC(C)(C)C. The van der Waals surface area contributed by atoms with Crippen LogP contribution in [0.4, 0.5) is 4.79 Å². The van der Waals surface area contributed by atoms with Crippen LogP contribution in [-0.4, -0.2) is 29.2 Å². The summed E-state index contributed by atoms with van der Waals surface area (Å²) in [6.45, 7) is 8.36. The molecule has 1 heterocycles. The van der Waals surface area contributed by atoms with Crippen molar-refractivity contribution >= 4 is 6.09 Å². The molecule has 1 aromatic carbocycles. The van der Waals surface area contributed by atoms with E-state index >= 15 is 0 Å². The summed E-state index contributed by atoms with van der Waals surface area (Å²) in [5.41, 5.74) is 8.85. The molecule has 120 valence electrons. The predicted octanol–water partition coefficient (Wildman–Crippen LogP) is 3.39. The molecule has 1 aromatic rings. The van der Waals surface area contributed by atoms with E-state index in [-0.39, 0.29) is 12.1 Å². The molecule has 2 N–H and O–H groups in total. The molecule has 0 bridgehead atoms. The molecule has 2 rings (SSSR count). The molecule has 1 aliphatic heterocycles. The Hall–Kier alpha value is -1.97. The number of carbonyl (C=O) groups is 1. The van der Waals surface area contributed by atoms with E-state index in [9.17, 15) is 4.79 Å². The number of amides is 1. The third kappa shape index (κ3) is 4.03. The van der Waals surface area contributed by atoms with Gasteiger partial charge in [-0.2, -0.15) is 0 Å². The second kappa shape index (κ2) is 6.42. The summed E-state index contributed by atoms with van der Waals surface area (Å²) in [6.07, 6.45) is 3.22. The van der Waals surface area contributed by atoms with Gasteiger partial charge in [0.15, 0.2) is 0 Å². The zero-order chi connectivity index (χ0) is 16.3. The van der Waals surface area contributed by atoms with Gasteiger partial charge in [0.25, 0.3) is 0 Å². The smallest absolute Gasteiger partial charge is 0.410 e. The standard InChI is InChI=1S/C18H26N2O2/c1-13-8-5-6-9-14(13)12-16-15(19)10-7-11-20(16)17(21)22-18(2,3)4/h5-6,8-10,16H,7,11-12,19H2,1-4H3. The number of carbonyl (C=O) groups excluding carboxylic acids is 1. The number of hydrogen-bond donors (Lipinski definition) is 1. The summed E-state index contributed by atoms with van der Waals surface area (Å²) in [4.78, 5) is 14.2. The van der Waals surface area contributed by atoms with Crippen molar-refractivity contribution in [1.82, 2.24) is 4.90 Å². The van der Waals surface area contributed by atoms with Crippen LogP contribution >= 0.6 is 0 Å². The molecule has 22 heavy (non-hydrogen) atoms. The van der Waals surface area contributed by atoms with Gasteiger partial charge in [-0.05, 0) is 51.7 Å². The van der Waals surface area contributed by atoms with Crippen molar-refractivity contribution in [3.05, 3.63) is 47.2 Å². The number of hydrogen-bond acceptors (Lipinski definition) is 3. The van der Waals surface area contributed by atoms with Crippen LogP contribution in [0.25, 0.3) is 0 Å². The predicted molar refractivity (Wildman–Crippen MR) is 88.5 cm³/mol. The molecule has 0 spiro atoms. The van der Waals surface area contributed by atoms with Gasteiger partial charge in [-0.1, -0.05) is 30.3 Å². The normalized spacial score (nSPS) is 18.8. The first-order valence-corrected chi connectivity index (χ1v) is 7.77. The Morgan fingerprint density at radius 1 is 1.36 bits per heavy atom. The van der Waals surface area contributed by atoms with E-state index in [1.165, 1.54) is 11.1 Å². The maximum Gasteiger partial charge on any atom is 0.410 e. The Balaban J connectivity index is 2.20. The van der Waals surface area contributed by atoms with Crippen molar-refractivity contribution in [3.8, 4) is 0 Å². The highest BCUT2D eigenvalue weighted by Gasteiger charge is 2.31. The van der Waals surface area contributed by atoms with Crippen molar-refractivity contribution in [2.45, 2.75) is 52.2 Å². The van der Waals surface area contributed by atoms with E-state index in [0.717, 1.165) is 12.1 Å².